The molecular formula is C15H22N3O2S2+. The Morgan fingerprint density at radius 2 is 2.14 bits per heavy atom. The standard InChI is InChI=1S/C15H21N3O2S2/c1-11-3-8-21-14(11)15-18(13(20)10-22-15)9-12(19)17-6-4-16(2)5-7-17/h3,8,15H,4-7,9-10H2,1-2H3/p+1/t15-/m0/s1. The lowest BCUT2D eigenvalue weighted by Crippen LogP contribution is -3.12. The molecule has 1 N–H and O–H groups in total. The number of carbonyl (C=O) groups excluding carboxylic acids is 2. The highest BCUT2D eigenvalue weighted by molar-refractivity contribution is 8.00. The van der Waals surface area contributed by atoms with E-state index in [1.54, 1.807) is 28.0 Å². The third-order valence-electron chi connectivity index (χ3n) is 4.37. The van der Waals surface area contributed by atoms with Crippen molar-refractivity contribution in [3.8, 4) is 0 Å². The van der Waals surface area contributed by atoms with Gasteiger partial charge in [-0.15, -0.1) is 23.1 Å². The van der Waals surface area contributed by atoms with E-state index < -0.39 is 0 Å². The third-order valence-corrected chi connectivity index (χ3v) is 6.81. The molecule has 2 saturated heterocycles. The average molecular weight is 340 g/mol. The van der Waals surface area contributed by atoms with Crippen LogP contribution in [0.2, 0.25) is 0 Å². The zero-order chi connectivity index (χ0) is 15.7. The summed E-state index contributed by atoms with van der Waals surface area (Å²) in [7, 11) is 2.15. The van der Waals surface area contributed by atoms with E-state index in [0.717, 1.165) is 26.2 Å². The van der Waals surface area contributed by atoms with Crippen LogP contribution in [-0.2, 0) is 9.59 Å². The zero-order valence-electron chi connectivity index (χ0n) is 13.0. The number of rotatable bonds is 3. The fourth-order valence-corrected chi connectivity index (χ4v) is 5.33. The molecule has 3 heterocycles. The summed E-state index contributed by atoms with van der Waals surface area (Å²) in [5.74, 6) is 0.640. The maximum Gasteiger partial charge on any atom is 0.242 e. The molecule has 3 rings (SSSR count). The van der Waals surface area contributed by atoms with Crippen LogP contribution >= 0.6 is 23.1 Å². The molecule has 2 fully saturated rings. The number of nitrogens with zero attached hydrogens (tertiary/aromatic N) is 2. The summed E-state index contributed by atoms with van der Waals surface area (Å²) >= 11 is 3.30. The van der Waals surface area contributed by atoms with Crippen LogP contribution in [0.15, 0.2) is 11.4 Å². The highest BCUT2D eigenvalue weighted by Gasteiger charge is 2.36. The molecule has 0 bridgehead atoms. The topological polar surface area (TPSA) is 45.1 Å². The number of thiophene rings is 1. The third kappa shape index (κ3) is 3.16. The van der Waals surface area contributed by atoms with Crippen molar-refractivity contribution < 1.29 is 14.5 Å². The highest BCUT2D eigenvalue weighted by atomic mass is 32.2. The van der Waals surface area contributed by atoms with E-state index >= 15 is 0 Å². The first kappa shape index (κ1) is 15.8. The minimum atomic E-state index is 0.00883. The Morgan fingerprint density at radius 1 is 1.41 bits per heavy atom. The fraction of sp³-hybridized carbons (Fsp3) is 0.600. The van der Waals surface area contributed by atoms with Crippen LogP contribution in [0, 0.1) is 6.92 Å². The molecule has 1 aromatic heterocycles. The number of carbonyl (C=O) groups is 2. The van der Waals surface area contributed by atoms with Crippen molar-refractivity contribution in [1.82, 2.24) is 9.80 Å². The second kappa shape index (κ2) is 6.60. The molecule has 5 nitrogen and oxygen atoms in total. The van der Waals surface area contributed by atoms with Gasteiger partial charge in [0.05, 0.1) is 39.0 Å². The summed E-state index contributed by atoms with van der Waals surface area (Å²) in [5, 5.41) is 2.06. The molecule has 0 aromatic carbocycles. The monoisotopic (exact) mass is 340 g/mol. The SMILES string of the molecule is Cc1ccsc1[C@@H]1SCC(=O)N1CC(=O)N1CC[NH+](C)CC1. The summed E-state index contributed by atoms with van der Waals surface area (Å²) in [4.78, 5) is 31.0. The predicted molar refractivity (Wildman–Crippen MR) is 89.2 cm³/mol. The van der Waals surface area contributed by atoms with Gasteiger partial charge in [-0.2, -0.15) is 0 Å². The summed E-state index contributed by atoms with van der Waals surface area (Å²) in [5.41, 5.74) is 1.21. The Bertz CT molecular complexity index is 567. The van der Waals surface area contributed by atoms with E-state index in [1.165, 1.54) is 15.3 Å². The molecule has 0 saturated carbocycles. The van der Waals surface area contributed by atoms with Crippen molar-refractivity contribution in [3.63, 3.8) is 0 Å². The smallest absolute Gasteiger partial charge is 0.242 e. The summed E-state index contributed by atoms with van der Waals surface area (Å²) in [6, 6.07) is 2.08. The van der Waals surface area contributed by atoms with Crippen molar-refractivity contribution in [2.45, 2.75) is 12.3 Å². The average Bonchev–Trinajstić information content (AvgIpc) is 3.06. The number of likely N-dealkylation sites (N-methyl/N-ethyl adjacent to an activating group) is 1. The Hall–Kier alpha value is -1.05. The van der Waals surface area contributed by atoms with Gasteiger partial charge >= 0.3 is 0 Å². The Morgan fingerprint density at radius 3 is 2.77 bits per heavy atom. The normalized spacial score (nSPS) is 23.4. The van der Waals surface area contributed by atoms with Crippen LogP contribution in [0.1, 0.15) is 15.8 Å². The predicted octanol–water partition coefficient (Wildman–Crippen LogP) is -0.0126. The lowest BCUT2D eigenvalue weighted by molar-refractivity contribution is -0.883. The zero-order valence-corrected chi connectivity index (χ0v) is 14.6. The molecule has 0 radical (unpaired) electrons. The summed E-state index contributed by atoms with van der Waals surface area (Å²) in [6.07, 6.45) is 0. The first-order valence-corrected chi connectivity index (χ1v) is 9.53. The van der Waals surface area contributed by atoms with Gasteiger partial charge in [-0.1, -0.05) is 0 Å². The number of aryl methyl sites for hydroxylation is 1. The Balaban J connectivity index is 1.68. The van der Waals surface area contributed by atoms with Gasteiger partial charge in [0.2, 0.25) is 11.8 Å². The maximum atomic E-state index is 12.5. The number of nitrogens with one attached hydrogen (secondary N) is 1. The number of thioether (sulfide) groups is 1. The van der Waals surface area contributed by atoms with Crippen LogP contribution in [0.5, 0.6) is 0 Å². The molecule has 2 aliphatic heterocycles. The van der Waals surface area contributed by atoms with E-state index in [1.807, 2.05) is 4.90 Å². The number of hydrogen-bond acceptors (Lipinski definition) is 4. The quantitative estimate of drug-likeness (QED) is 0.842. The molecular weight excluding hydrogens is 318 g/mol. The maximum absolute atomic E-state index is 12.5. The largest absolute Gasteiger partial charge is 0.334 e. The molecule has 0 unspecified atom stereocenters. The lowest BCUT2D eigenvalue weighted by Gasteiger charge is -2.32. The van der Waals surface area contributed by atoms with Crippen LogP contribution in [0.25, 0.3) is 0 Å². The molecule has 120 valence electrons. The van der Waals surface area contributed by atoms with Crippen molar-refractivity contribution in [2.24, 2.45) is 0 Å². The van der Waals surface area contributed by atoms with Gasteiger partial charge in [0.25, 0.3) is 0 Å². The number of quaternary nitrogens is 1. The second-order valence-corrected chi connectivity index (χ2v) is 8.01. The Labute approximate surface area is 139 Å². The molecule has 7 heteroatoms. The minimum Gasteiger partial charge on any atom is -0.334 e. The van der Waals surface area contributed by atoms with Gasteiger partial charge < -0.3 is 14.7 Å². The van der Waals surface area contributed by atoms with Gasteiger partial charge in [0.1, 0.15) is 11.9 Å². The molecule has 1 atom stereocenters. The highest BCUT2D eigenvalue weighted by Crippen LogP contribution is 2.42. The lowest BCUT2D eigenvalue weighted by atomic mass is 10.2. The van der Waals surface area contributed by atoms with Gasteiger partial charge in [-0.3, -0.25) is 9.59 Å². The van der Waals surface area contributed by atoms with Gasteiger partial charge in [-0.25, -0.2) is 0 Å². The van der Waals surface area contributed by atoms with E-state index in [0.29, 0.717) is 5.75 Å². The number of piperazine rings is 1. The fourth-order valence-electron chi connectivity index (χ4n) is 2.86. The van der Waals surface area contributed by atoms with Crippen LogP contribution in [-0.4, -0.2) is 67.1 Å². The molecule has 22 heavy (non-hydrogen) atoms. The van der Waals surface area contributed by atoms with Crippen molar-refractivity contribution in [1.29, 1.82) is 0 Å². The van der Waals surface area contributed by atoms with Gasteiger partial charge in [-0.05, 0) is 23.9 Å². The summed E-state index contributed by atoms with van der Waals surface area (Å²) < 4.78 is 0. The molecule has 2 amide bonds. The second-order valence-electron chi connectivity index (χ2n) is 5.99. The number of amides is 2. The van der Waals surface area contributed by atoms with Gasteiger partial charge in [0.15, 0.2) is 0 Å². The van der Waals surface area contributed by atoms with Crippen molar-refractivity contribution in [2.75, 3.05) is 45.5 Å². The molecule has 2 aliphatic rings. The Kier molecular flexibility index (Phi) is 4.75. The minimum absolute atomic E-state index is 0.00883. The molecule has 0 spiro atoms. The first-order chi connectivity index (χ1) is 10.6. The van der Waals surface area contributed by atoms with Crippen LogP contribution in [0.3, 0.4) is 0 Å². The van der Waals surface area contributed by atoms with Crippen molar-refractivity contribution >= 4 is 34.9 Å². The van der Waals surface area contributed by atoms with E-state index in [9.17, 15) is 9.59 Å². The van der Waals surface area contributed by atoms with E-state index in [-0.39, 0.29) is 23.7 Å². The van der Waals surface area contributed by atoms with Crippen molar-refractivity contribution in [3.05, 3.63) is 21.9 Å². The molecule has 1 aromatic rings. The van der Waals surface area contributed by atoms with Crippen LogP contribution < -0.4 is 4.90 Å². The number of hydrogen-bond donors (Lipinski definition) is 1. The van der Waals surface area contributed by atoms with Crippen LogP contribution in [0.4, 0.5) is 0 Å². The summed E-state index contributed by atoms with van der Waals surface area (Å²) in [6.45, 7) is 5.85. The van der Waals surface area contributed by atoms with Gasteiger partial charge in [0, 0.05) is 4.88 Å². The van der Waals surface area contributed by atoms with E-state index in [2.05, 4.69) is 25.4 Å². The molecule has 0 aliphatic carbocycles. The first-order valence-electron chi connectivity index (χ1n) is 7.60. The van der Waals surface area contributed by atoms with E-state index in [4.69, 9.17) is 0 Å².